The van der Waals surface area contributed by atoms with Crippen LogP contribution < -0.4 is 10.2 Å². The summed E-state index contributed by atoms with van der Waals surface area (Å²) in [5.41, 5.74) is 2.96. The molecule has 2 aliphatic heterocycles. The average Bonchev–Trinajstić information content (AvgIpc) is 3.42. The second kappa shape index (κ2) is 12.2. The van der Waals surface area contributed by atoms with Crippen LogP contribution in [0.2, 0.25) is 5.02 Å². The number of halogens is 1. The number of hydrogen-bond acceptors (Lipinski definition) is 7. The smallest absolute Gasteiger partial charge is 0.407 e. The number of nitrogens with zero attached hydrogens (tertiary/aromatic N) is 3. The van der Waals surface area contributed by atoms with Crippen molar-refractivity contribution in [2.45, 2.75) is 45.3 Å². The minimum absolute atomic E-state index is 0.0948. The van der Waals surface area contributed by atoms with Gasteiger partial charge in [0.05, 0.1) is 13.2 Å². The highest BCUT2D eigenvalue weighted by atomic mass is 35.5. The summed E-state index contributed by atoms with van der Waals surface area (Å²) in [6.45, 7) is 9.66. The maximum absolute atomic E-state index is 13.3. The van der Waals surface area contributed by atoms with Gasteiger partial charge >= 0.3 is 6.09 Å². The Labute approximate surface area is 244 Å². The molecule has 2 saturated heterocycles. The van der Waals surface area contributed by atoms with E-state index < -0.39 is 11.7 Å². The minimum Gasteiger partial charge on any atom is -0.444 e. The van der Waals surface area contributed by atoms with Gasteiger partial charge < -0.3 is 24.6 Å². The van der Waals surface area contributed by atoms with E-state index in [2.05, 4.69) is 32.7 Å². The van der Waals surface area contributed by atoms with Gasteiger partial charge in [0.2, 0.25) is 0 Å². The Morgan fingerprint density at radius 1 is 1.10 bits per heavy atom. The zero-order valence-corrected chi connectivity index (χ0v) is 24.7. The lowest BCUT2D eigenvalue weighted by Gasteiger charge is -2.33. The first-order valence-corrected chi connectivity index (χ1v) is 14.9. The number of alkyl carbamates (subject to hydrolysis) is 1. The second-order valence-corrected chi connectivity index (χ2v) is 12.5. The molecular formula is C30H35ClN4O4S. The first kappa shape index (κ1) is 28.4. The van der Waals surface area contributed by atoms with Crippen LogP contribution >= 0.6 is 22.9 Å². The molecule has 0 radical (unpaired) electrons. The molecule has 0 saturated carbocycles. The topological polar surface area (TPSA) is 84.0 Å². The van der Waals surface area contributed by atoms with Crippen LogP contribution in [0, 0.1) is 0 Å². The molecule has 5 rings (SSSR count). The van der Waals surface area contributed by atoms with Gasteiger partial charge in [-0.3, -0.25) is 4.79 Å². The van der Waals surface area contributed by atoms with Gasteiger partial charge in [-0.15, -0.1) is 11.3 Å². The minimum atomic E-state index is -0.569. The Morgan fingerprint density at radius 2 is 1.90 bits per heavy atom. The molecule has 8 nitrogen and oxygen atoms in total. The van der Waals surface area contributed by atoms with Gasteiger partial charge in [-0.1, -0.05) is 17.7 Å². The standard InChI is InChI=1S/C30H35ClN4O4S/c1-30(2,3)39-29(37)33-23-5-4-10-35(18-23)28(36)21-6-7-24(25(31)15-21)22-16-26(40-19-22)20-8-9-32-27(17-20)34-11-13-38-14-12-34/h6-9,15-17,19,23H,4-5,10-14,18H2,1-3H3,(H,33,37). The number of morpholine rings is 1. The van der Waals surface area contributed by atoms with Gasteiger partial charge in [0, 0.05) is 59.4 Å². The number of piperidine rings is 1. The van der Waals surface area contributed by atoms with Crippen LogP contribution in [0.15, 0.2) is 48.0 Å². The molecule has 2 amide bonds. The number of ether oxygens (including phenoxy) is 2. The lowest BCUT2D eigenvalue weighted by atomic mass is 10.0. The highest BCUT2D eigenvalue weighted by Crippen LogP contribution is 2.37. The van der Waals surface area contributed by atoms with Gasteiger partial charge in [0.1, 0.15) is 11.4 Å². The van der Waals surface area contributed by atoms with Crippen molar-refractivity contribution in [3.05, 3.63) is 58.6 Å². The fraction of sp³-hybridized carbons (Fsp3) is 0.433. The molecule has 0 bridgehead atoms. The average molecular weight is 583 g/mol. The van der Waals surface area contributed by atoms with E-state index in [1.165, 1.54) is 0 Å². The van der Waals surface area contributed by atoms with Crippen LogP contribution in [-0.4, -0.2) is 72.9 Å². The summed E-state index contributed by atoms with van der Waals surface area (Å²) >= 11 is 8.37. The van der Waals surface area contributed by atoms with Gasteiger partial charge in [-0.25, -0.2) is 9.78 Å². The highest BCUT2D eigenvalue weighted by Gasteiger charge is 2.27. The first-order chi connectivity index (χ1) is 19.2. The number of thiophene rings is 1. The van der Waals surface area contributed by atoms with E-state index in [1.807, 2.05) is 45.2 Å². The molecule has 0 aliphatic carbocycles. The van der Waals surface area contributed by atoms with Crippen LogP contribution in [0.4, 0.5) is 10.6 Å². The number of nitrogens with one attached hydrogen (secondary N) is 1. The molecule has 3 aromatic rings. The number of amides is 2. The Bertz CT molecular complexity index is 1370. The third kappa shape index (κ3) is 6.95. The molecule has 2 fully saturated rings. The lowest BCUT2D eigenvalue weighted by Crippen LogP contribution is -2.50. The van der Waals surface area contributed by atoms with E-state index in [1.54, 1.807) is 22.3 Å². The summed E-state index contributed by atoms with van der Waals surface area (Å²) < 4.78 is 10.8. The fourth-order valence-corrected chi connectivity index (χ4v) is 6.18. The summed E-state index contributed by atoms with van der Waals surface area (Å²) in [7, 11) is 0. The van der Waals surface area contributed by atoms with Gasteiger partial charge in [-0.2, -0.15) is 0 Å². The third-order valence-corrected chi connectivity index (χ3v) is 8.21. The quantitative estimate of drug-likeness (QED) is 0.391. The molecule has 4 heterocycles. The zero-order valence-electron chi connectivity index (χ0n) is 23.1. The molecular weight excluding hydrogens is 548 g/mol. The maximum atomic E-state index is 13.3. The molecule has 1 N–H and O–H groups in total. The predicted octanol–water partition coefficient (Wildman–Crippen LogP) is 6.10. The van der Waals surface area contributed by atoms with E-state index in [-0.39, 0.29) is 11.9 Å². The molecule has 10 heteroatoms. The second-order valence-electron chi connectivity index (χ2n) is 11.1. The summed E-state index contributed by atoms with van der Waals surface area (Å²) in [6, 6.07) is 11.6. The van der Waals surface area contributed by atoms with Gasteiger partial charge in [0.15, 0.2) is 0 Å². The van der Waals surface area contributed by atoms with Gasteiger partial charge in [-0.05, 0) is 80.5 Å². The molecule has 1 atom stereocenters. The molecule has 1 unspecified atom stereocenters. The molecule has 2 aliphatic rings. The normalized spacial score (nSPS) is 17.9. The largest absolute Gasteiger partial charge is 0.444 e. The van der Waals surface area contributed by atoms with Crippen LogP contribution in [0.5, 0.6) is 0 Å². The van der Waals surface area contributed by atoms with E-state index >= 15 is 0 Å². The van der Waals surface area contributed by atoms with Gasteiger partial charge in [0.25, 0.3) is 5.91 Å². The lowest BCUT2D eigenvalue weighted by molar-refractivity contribution is 0.0452. The summed E-state index contributed by atoms with van der Waals surface area (Å²) in [5.74, 6) is 0.862. The Balaban J connectivity index is 1.26. The van der Waals surface area contributed by atoms with Crippen LogP contribution in [0.25, 0.3) is 21.6 Å². The van der Waals surface area contributed by atoms with Crippen LogP contribution in [0.3, 0.4) is 0 Å². The van der Waals surface area contributed by atoms with Crippen molar-refractivity contribution in [2.75, 3.05) is 44.3 Å². The van der Waals surface area contributed by atoms with E-state index in [0.717, 1.165) is 53.3 Å². The van der Waals surface area contributed by atoms with Crippen molar-refractivity contribution in [3.63, 3.8) is 0 Å². The number of aromatic nitrogens is 1. The summed E-state index contributed by atoms with van der Waals surface area (Å²) in [4.78, 5) is 35.2. The maximum Gasteiger partial charge on any atom is 0.407 e. The number of rotatable bonds is 5. The Kier molecular flexibility index (Phi) is 8.63. The SMILES string of the molecule is CC(C)(C)OC(=O)NC1CCCN(C(=O)c2ccc(-c3csc(-c4ccnc(N5CCOCC5)c4)c3)c(Cl)c2)C1. The number of anilines is 1. The van der Waals surface area contributed by atoms with E-state index in [4.69, 9.17) is 21.1 Å². The number of hydrogen-bond donors (Lipinski definition) is 1. The number of carbonyl (C=O) groups is 2. The third-order valence-electron chi connectivity index (χ3n) is 6.92. The van der Waals surface area contributed by atoms with Crippen molar-refractivity contribution >= 4 is 40.8 Å². The molecule has 2 aromatic heterocycles. The highest BCUT2D eigenvalue weighted by molar-refractivity contribution is 7.14. The van der Waals surface area contributed by atoms with Crippen molar-refractivity contribution in [3.8, 4) is 21.6 Å². The van der Waals surface area contributed by atoms with Crippen molar-refractivity contribution in [2.24, 2.45) is 0 Å². The molecule has 40 heavy (non-hydrogen) atoms. The summed E-state index contributed by atoms with van der Waals surface area (Å²) in [5, 5.41) is 5.51. The fourth-order valence-electron chi connectivity index (χ4n) is 4.98. The number of likely N-dealkylation sites (tertiary alicyclic amines) is 1. The Hall–Kier alpha value is -3.14. The molecule has 1 aromatic carbocycles. The van der Waals surface area contributed by atoms with E-state index in [0.29, 0.717) is 36.9 Å². The monoisotopic (exact) mass is 582 g/mol. The van der Waals surface area contributed by atoms with E-state index in [9.17, 15) is 9.59 Å². The van der Waals surface area contributed by atoms with Crippen LogP contribution in [-0.2, 0) is 9.47 Å². The zero-order chi connectivity index (χ0) is 28.3. The van der Waals surface area contributed by atoms with Crippen molar-refractivity contribution in [1.82, 2.24) is 15.2 Å². The van der Waals surface area contributed by atoms with Crippen LogP contribution in [0.1, 0.15) is 44.0 Å². The predicted molar refractivity (Wildman–Crippen MR) is 159 cm³/mol. The Morgan fingerprint density at radius 3 is 2.65 bits per heavy atom. The molecule has 212 valence electrons. The van der Waals surface area contributed by atoms with Crippen molar-refractivity contribution in [1.29, 1.82) is 0 Å². The number of carbonyl (C=O) groups excluding carboxylic acids is 2. The number of pyridine rings is 1. The first-order valence-electron chi connectivity index (χ1n) is 13.6. The number of benzene rings is 1. The van der Waals surface area contributed by atoms with Crippen molar-refractivity contribution < 1.29 is 19.1 Å². The summed E-state index contributed by atoms with van der Waals surface area (Å²) in [6.07, 6.45) is 2.99. The molecule has 0 spiro atoms.